The zero-order valence-corrected chi connectivity index (χ0v) is 12.4. The summed E-state index contributed by atoms with van der Waals surface area (Å²) in [7, 11) is 0. The van der Waals surface area contributed by atoms with Gasteiger partial charge in [-0.15, -0.1) is 0 Å². The highest BCUT2D eigenvalue weighted by Crippen LogP contribution is 2.30. The highest BCUT2D eigenvalue weighted by atomic mass is 16.4. The van der Waals surface area contributed by atoms with Gasteiger partial charge in [-0.05, 0) is 23.6 Å². The topological polar surface area (TPSA) is 71.7 Å². The van der Waals surface area contributed by atoms with Gasteiger partial charge in [0, 0.05) is 16.2 Å². The molecular weight excluding hydrogens is 304 g/mol. The second kappa shape index (κ2) is 4.29. The maximum absolute atomic E-state index is 13.0. The average Bonchev–Trinajstić information content (AvgIpc) is 2.99. The molecule has 2 heterocycles. The number of nitrogens with zero attached hydrogens (tertiary/aromatic N) is 2. The zero-order valence-electron chi connectivity index (χ0n) is 12.4. The van der Waals surface area contributed by atoms with E-state index >= 15 is 0 Å². The van der Waals surface area contributed by atoms with Crippen LogP contribution in [0, 0.1) is 0 Å². The van der Waals surface area contributed by atoms with Gasteiger partial charge in [-0.3, -0.25) is 9.20 Å². The van der Waals surface area contributed by atoms with Crippen LogP contribution in [0.25, 0.3) is 38.2 Å². The minimum absolute atomic E-state index is 0.0958. The molecule has 114 valence electrons. The van der Waals surface area contributed by atoms with Gasteiger partial charge in [-0.1, -0.05) is 36.4 Å². The van der Waals surface area contributed by atoms with Crippen LogP contribution in [0.2, 0.25) is 0 Å². The van der Waals surface area contributed by atoms with Crippen molar-refractivity contribution in [1.82, 2.24) is 9.38 Å². The summed E-state index contributed by atoms with van der Waals surface area (Å²) in [5, 5.41) is 12.7. The Morgan fingerprint density at radius 3 is 2.42 bits per heavy atom. The summed E-state index contributed by atoms with van der Waals surface area (Å²) >= 11 is 0. The molecule has 0 radical (unpaired) electrons. The van der Waals surface area contributed by atoms with Crippen LogP contribution in [-0.2, 0) is 0 Å². The standard InChI is InChI=1S/C19H10N2O3/c22-18-12-7-2-5-10-4-1-6-11(15(10)12)17-20-16-13(19(23)24)8-3-9-14(16)21(17)18/h1-9H,(H,23,24). The van der Waals surface area contributed by atoms with E-state index in [1.54, 1.807) is 18.2 Å². The molecule has 0 aliphatic rings. The number of carboxylic acids is 1. The lowest BCUT2D eigenvalue weighted by Crippen LogP contribution is -2.13. The molecule has 0 fully saturated rings. The number of carboxylic acid groups (broad SMARTS) is 1. The molecule has 0 amide bonds. The first-order chi connectivity index (χ1) is 11.7. The number of rotatable bonds is 1. The minimum atomic E-state index is -1.06. The van der Waals surface area contributed by atoms with Crippen LogP contribution in [0.1, 0.15) is 10.4 Å². The summed E-state index contributed by atoms with van der Waals surface area (Å²) in [6, 6.07) is 16.3. The van der Waals surface area contributed by atoms with E-state index in [0.717, 1.165) is 16.2 Å². The van der Waals surface area contributed by atoms with E-state index < -0.39 is 5.97 Å². The molecule has 3 aromatic carbocycles. The largest absolute Gasteiger partial charge is 0.478 e. The predicted octanol–water partition coefficient (Wildman–Crippen LogP) is 3.29. The van der Waals surface area contributed by atoms with E-state index in [0.29, 0.717) is 22.1 Å². The van der Waals surface area contributed by atoms with Crippen LogP contribution < -0.4 is 5.56 Å². The SMILES string of the molecule is O=C(O)c1cccc2c1nc1c3cccc4cccc(c(=O)n21)c43. The predicted molar refractivity (Wildman–Crippen MR) is 92.1 cm³/mol. The Morgan fingerprint density at radius 2 is 1.67 bits per heavy atom. The quantitative estimate of drug-likeness (QED) is 0.515. The number of imidazole rings is 1. The number of hydrogen-bond acceptors (Lipinski definition) is 3. The maximum atomic E-state index is 13.0. The molecule has 0 aliphatic carbocycles. The molecule has 5 aromatic rings. The molecule has 1 N–H and O–H groups in total. The minimum Gasteiger partial charge on any atom is -0.478 e. The number of pyridine rings is 1. The summed E-state index contributed by atoms with van der Waals surface area (Å²) in [4.78, 5) is 29.0. The fraction of sp³-hybridized carbons (Fsp3) is 0. The molecule has 0 unspecified atom stereocenters. The van der Waals surface area contributed by atoms with Gasteiger partial charge in [-0.25, -0.2) is 9.78 Å². The number of carbonyl (C=O) groups is 1. The van der Waals surface area contributed by atoms with E-state index in [9.17, 15) is 14.7 Å². The molecule has 0 saturated carbocycles. The van der Waals surface area contributed by atoms with Crippen molar-refractivity contribution >= 4 is 44.2 Å². The number of benzene rings is 3. The Labute approximate surface area is 134 Å². The zero-order chi connectivity index (χ0) is 16.4. The Hall–Kier alpha value is -3.47. The number of fused-ring (bicyclic) bond motifs is 4. The Bertz CT molecular complexity index is 1350. The summed E-state index contributed by atoms with van der Waals surface area (Å²) in [5.74, 6) is -1.06. The number of aromatic nitrogens is 2. The highest BCUT2D eigenvalue weighted by molar-refractivity contribution is 6.16. The van der Waals surface area contributed by atoms with Crippen molar-refractivity contribution in [2.24, 2.45) is 0 Å². The smallest absolute Gasteiger partial charge is 0.337 e. The highest BCUT2D eigenvalue weighted by Gasteiger charge is 2.18. The third kappa shape index (κ3) is 1.46. The lowest BCUT2D eigenvalue weighted by molar-refractivity contribution is 0.0699. The normalized spacial score (nSPS) is 11.8. The fourth-order valence-electron chi connectivity index (χ4n) is 3.48. The Morgan fingerprint density at radius 1 is 0.958 bits per heavy atom. The van der Waals surface area contributed by atoms with Crippen LogP contribution >= 0.6 is 0 Å². The number of aromatic carboxylic acids is 1. The third-order valence-corrected chi connectivity index (χ3v) is 4.49. The van der Waals surface area contributed by atoms with Crippen LogP contribution in [0.3, 0.4) is 0 Å². The number of hydrogen-bond donors (Lipinski definition) is 1. The molecule has 5 heteroatoms. The van der Waals surface area contributed by atoms with Crippen LogP contribution in [0.15, 0.2) is 59.4 Å². The molecule has 0 saturated heterocycles. The van der Waals surface area contributed by atoms with E-state index in [1.807, 2.05) is 30.3 Å². The molecule has 5 rings (SSSR count). The first kappa shape index (κ1) is 13.0. The second-order valence-corrected chi connectivity index (χ2v) is 5.76. The van der Waals surface area contributed by atoms with Gasteiger partial charge in [-0.2, -0.15) is 0 Å². The molecule has 5 nitrogen and oxygen atoms in total. The van der Waals surface area contributed by atoms with E-state index in [-0.39, 0.29) is 11.1 Å². The Balaban J connectivity index is 2.18. The van der Waals surface area contributed by atoms with Gasteiger partial charge >= 0.3 is 5.97 Å². The third-order valence-electron chi connectivity index (χ3n) is 4.49. The fourth-order valence-corrected chi connectivity index (χ4v) is 3.48. The van der Waals surface area contributed by atoms with Crippen molar-refractivity contribution in [2.75, 3.05) is 0 Å². The molecule has 2 aromatic heterocycles. The van der Waals surface area contributed by atoms with Crippen LogP contribution in [0.4, 0.5) is 0 Å². The van der Waals surface area contributed by atoms with Crippen LogP contribution in [0.5, 0.6) is 0 Å². The maximum Gasteiger partial charge on any atom is 0.337 e. The van der Waals surface area contributed by atoms with Crippen molar-refractivity contribution in [1.29, 1.82) is 0 Å². The molecule has 0 aliphatic heterocycles. The van der Waals surface area contributed by atoms with Gasteiger partial charge in [0.15, 0.2) is 0 Å². The summed E-state index contributed by atoms with van der Waals surface area (Å²) < 4.78 is 1.51. The van der Waals surface area contributed by atoms with Crippen molar-refractivity contribution in [2.45, 2.75) is 0 Å². The molecule has 0 spiro atoms. The molecule has 24 heavy (non-hydrogen) atoms. The first-order valence-electron chi connectivity index (χ1n) is 7.48. The Kier molecular flexibility index (Phi) is 2.33. The average molecular weight is 314 g/mol. The van der Waals surface area contributed by atoms with E-state index in [1.165, 1.54) is 10.5 Å². The van der Waals surface area contributed by atoms with Gasteiger partial charge < -0.3 is 5.11 Å². The number of para-hydroxylation sites is 1. The van der Waals surface area contributed by atoms with Gasteiger partial charge in [0.2, 0.25) is 0 Å². The summed E-state index contributed by atoms with van der Waals surface area (Å²) in [6.45, 7) is 0. The van der Waals surface area contributed by atoms with E-state index in [4.69, 9.17) is 0 Å². The van der Waals surface area contributed by atoms with E-state index in [2.05, 4.69) is 4.98 Å². The second-order valence-electron chi connectivity index (χ2n) is 5.76. The monoisotopic (exact) mass is 314 g/mol. The summed E-state index contributed by atoms with van der Waals surface area (Å²) in [6.07, 6.45) is 0. The van der Waals surface area contributed by atoms with Gasteiger partial charge in [0.05, 0.1) is 11.1 Å². The molecular formula is C19H10N2O3. The van der Waals surface area contributed by atoms with Crippen LogP contribution in [-0.4, -0.2) is 20.5 Å². The lowest BCUT2D eigenvalue weighted by Gasteiger charge is -2.06. The van der Waals surface area contributed by atoms with Crippen molar-refractivity contribution in [3.63, 3.8) is 0 Å². The lowest BCUT2D eigenvalue weighted by atomic mass is 10.0. The van der Waals surface area contributed by atoms with Crippen molar-refractivity contribution in [3.05, 3.63) is 70.5 Å². The van der Waals surface area contributed by atoms with Crippen molar-refractivity contribution < 1.29 is 9.90 Å². The summed E-state index contributed by atoms with van der Waals surface area (Å²) in [5.41, 5.74) is 1.25. The van der Waals surface area contributed by atoms with Crippen molar-refractivity contribution in [3.8, 4) is 0 Å². The van der Waals surface area contributed by atoms with Gasteiger partial charge in [0.25, 0.3) is 5.56 Å². The molecule has 0 atom stereocenters. The first-order valence-corrected chi connectivity index (χ1v) is 7.48. The van der Waals surface area contributed by atoms with Gasteiger partial charge in [0.1, 0.15) is 11.2 Å². The molecule has 0 bridgehead atoms.